The van der Waals surface area contributed by atoms with Crippen LogP contribution in [0, 0.1) is 11.6 Å². The highest BCUT2D eigenvalue weighted by atomic mass is 19.4. The molecule has 11 heteroatoms. The van der Waals surface area contributed by atoms with E-state index in [9.17, 15) is 26.7 Å². The molecule has 0 radical (unpaired) electrons. The number of carbonyl (C=O) groups is 1. The third kappa shape index (κ3) is 4.37. The Hall–Kier alpha value is -3.63. The molecule has 0 spiro atoms. The van der Waals surface area contributed by atoms with E-state index < -0.39 is 46.5 Å². The van der Waals surface area contributed by atoms with E-state index in [4.69, 9.17) is 4.74 Å². The number of nitrogens with one attached hydrogen (secondary N) is 1. The van der Waals surface area contributed by atoms with Crippen molar-refractivity contribution in [1.29, 1.82) is 0 Å². The second-order valence-corrected chi connectivity index (χ2v) is 5.34. The van der Waals surface area contributed by atoms with Crippen molar-refractivity contribution in [2.75, 3.05) is 5.32 Å². The van der Waals surface area contributed by atoms with E-state index in [0.717, 1.165) is 12.1 Å². The molecule has 1 N–H and O–H groups in total. The number of benzene rings is 1. The van der Waals surface area contributed by atoms with E-state index in [1.165, 1.54) is 18.5 Å². The smallest absolute Gasteiger partial charge is 0.417 e. The van der Waals surface area contributed by atoms with Gasteiger partial charge in [0.2, 0.25) is 5.88 Å². The molecule has 3 rings (SSSR count). The maximum absolute atomic E-state index is 13.8. The fourth-order valence-corrected chi connectivity index (χ4v) is 2.08. The van der Waals surface area contributed by atoms with Crippen molar-refractivity contribution in [1.82, 2.24) is 15.2 Å². The lowest BCUT2D eigenvalue weighted by Crippen LogP contribution is -2.16. The fourth-order valence-electron chi connectivity index (χ4n) is 2.08. The Bertz CT molecular complexity index is 1010. The number of hydrogen-bond donors (Lipinski definition) is 1. The molecule has 0 fully saturated rings. The van der Waals surface area contributed by atoms with Gasteiger partial charge < -0.3 is 10.1 Å². The van der Waals surface area contributed by atoms with Crippen molar-refractivity contribution in [2.24, 2.45) is 0 Å². The molecule has 1 amide bonds. The lowest BCUT2D eigenvalue weighted by Gasteiger charge is -2.13. The topological polar surface area (TPSA) is 77.0 Å². The molecule has 0 aliphatic carbocycles. The molecular formula is C17H9F5N4O2. The van der Waals surface area contributed by atoms with Crippen molar-refractivity contribution in [2.45, 2.75) is 6.18 Å². The van der Waals surface area contributed by atoms with Crippen LogP contribution in [0.4, 0.5) is 27.6 Å². The van der Waals surface area contributed by atoms with Gasteiger partial charge in [-0.3, -0.25) is 4.79 Å². The minimum absolute atomic E-state index is 0.149. The zero-order valence-electron chi connectivity index (χ0n) is 13.7. The Kier molecular flexibility index (Phi) is 5.16. The van der Waals surface area contributed by atoms with Crippen molar-refractivity contribution >= 4 is 11.6 Å². The number of pyridine rings is 1. The van der Waals surface area contributed by atoms with Crippen LogP contribution < -0.4 is 10.1 Å². The van der Waals surface area contributed by atoms with Gasteiger partial charge in [-0.15, -0.1) is 0 Å². The van der Waals surface area contributed by atoms with Gasteiger partial charge in [0.15, 0.2) is 11.6 Å². The van der Waals surface area contributed by atoms with Crippen LogP contribution in [0.5, 0.6) is 11.6 Å². The van der Waals surface area contributed by atoms with Crippen LogP contribution >= 0.6 is 0 Å². The van der Waals surface area contributed by atoms with E-state index >= 15 is 0 Å². The van der Waals surface area contributed by atoms with Crippen molar-refractivity contribution in [3.05, 3.63) is 71.7 Å². The monoisotopic (exact) mass is 396 g/mol. The first-order valence-corrected chi connectivity index (χ1v) is 7.52. The number of nitrogens with zero attached hydrogens (tertiary/aromatic N) is 3. The highest BCUT2D eigenvalue weighted by molar-refractivity contribution is 6.05. The third-order valence-electron chi connectivity index (χ3n) is 3.37. The lowest BCUT2D eigenvalue weighted by atomic mass is 10.1. The Labute approximate surface area is 154 Å². The molecule has 2 aromatic heterocycles. The van der Waals surface area contributed by atoms with E-state index in [1.807, 2.05) is 0 Å². The number of amides is 1. The number of hydrogen-bond acceptors (Lipinski definition) is 5. The third-order valence-corrected chi connectivity index (χ3v) is 3.37. The molecule has 3 aromatic rings. The molecule has 0 atom stereocenters. The van der Waals surface area contributed by atoms with Crippen LogP contribution in [0.2, 0.25) is 0 Å². The quantitative estimate of drug-likeness (QED) is 0.669. The van der Waals surface area contributed by atoms with Crippen LogP contribution in [-0.4, -0.2) is 21.1 Å². The van der Waals surface area contributed by atoms with Crippen LogP contribution in [-0.2, 0) is 6.18 Å². The number of carbonyl (C=O) groups excluding carboxylic acids is 1. The van der Waals surface area contributed by atoms with Gasteiger partial charge in [0.1, 0.15) is 11.4 Å². The molecule has 6 nitrogen and oxygen atoms in total. The standard InChI is InChI=1S/C17H9F5N4O2/c18-10-1-2-14(13(19)6-10)28-16-12(5-9(7-23-16)17(20,21)22)15(27)26-11-3-4-24-25-8-11/h1-8H,(H,24,26,27). The molecule has 0 saturated heterocycles. The van der Waals surface area contributed by atoms with Gasteiger partial charge in [-0.1, -0.05) is 0 Å². The summed E-state index contributed by atoms with van der Waals surface area (Å²) in [4.78, 5) is 15.9. The SMILES string of the molecule is O=C(Nc1ccnnc1)c1cc(C(F)(F)F)cnc1Oc1ccc(F)cc1F. The van der Waals surface area contributed by atoms with E-state index in [0.29, 0.717) is 18.3 Å². The minimum Gasteiger partial charge on any atom is -0.435 e. The Morgan fingerprint density at radius 2 is 1.82 bits per heavy atom. The van der Waals surface area contributed by atoms with Crippen LogP contribution in [0.1, 0.15) is 15.9 Å². The van der Waals surface area contributed by atoms with Gasteiger partial charge in [-0.05, 0) is 24.3 Å². The van der Waals surface area contributed by atoms with Gasteiger partial charge >= 0.3 is 6.18 Å². The molecule has 1 aromatic carbocycles. The largest absolute Gasteiger partial charge is 0.435 e. The summed E-state index contributed by atoms with van der Waals surface area (Å²) in [5, 5.41) is 9.33. The highest BCUT2D eigenvalue weighted by Crippen LogP contribution is 2.33. The molecule has 28 heavy (non-hydrogen) atoms. The first-order chi connectivity index (χ1) is 13.2. The Morgan fingerprint density at radius 3 is 2.46 bits per heavy atom. The summed E-state index contributed by atoms with van der Waals surface area (Å²) in [5.41, 5.74) is -1.68. The number of rotatable bonds is 4. The van der Waals surface area contributed by atoms with E-state index in [-0.39, 0.29) is 5.69 Å². The van der Waals surface area contributed by atoms with Gasteiger partial charge in [0, 0.05) is 12.3 Å². The molecule has 0 saturated carbocycles. The molecule has 0 aliphatic rings. The first-order valence-electron chi connectivity index (χ1n) is 7.52. The second-order valence-electron chi connectivity index (χ2n) is 5.34. The maximum Gasteiger partial charge on any atom is 0.417 e. The van der Waals surface area contributed by atoms with Gasteiger partial charge in [0.25, 0.3) is 5.91 Å². The number of halogens is 5. The normalized spacial score (nSPS) is 11.2. The van der Waals surface area contributed by atoms with Crippen molar-refractivity contribution in [3.63, 3.8) is 0 Å². The van der Waals surface area contributed by atoms with Crippen molar-refractivity contribution < 1.29 is 31.5 Å². The van der Waals surface area contributed by atoms with Crippen LogP contribution in [0.15, 0.2) is 48.9 Å². The molecule has 2 heterocycles. The fraction of sp³-hybridized carbons (Fsp3) is 0.0588. The van der Waals surface area contributed by atoms with Gasteiger partial charge in [-0.2, -0.15) is 23.4 Å². The molecule has 0 aliphatic heterocycles. The number of alkyl halides is 3. The Balaban J connectivity index is 2.00. The first kappa shape index (κ1) is 19.1. The number of aromatic nitrogens is 3. The van der Waals surface area contributed by atoms with Crippen LogP contribution in [0.25, 0.3) is 0 Å². The average molecular weight is 396 g/mol. The summed E-state index contributed by atoms with van der Waals surface area (Å²) in [6, 6.07) is 4.17. The molecule has 0 bridgehead atoms. The highest BCUT2D eigenvalue weighted by Gasteiger charge is 2.33. The van der Waals surface area contributed by atoms with Gasteiger partial charge in [-0.25, -0.2) is 13.8 Å². The summed E-state index contributed by atoms with van der Waals surface area (Å²) in [7, 11) is 0. The number of anilines is 1. The summed E-state index contributed by atoms with van der Waals surface area (Å²) < 4.78 is 70.9. The Morgan fingerprint density at radius 1 is 1.04 bits per heavy atom. The molecule has 0 unspecified atom stereocenters. The molecule has 144 valence electrons. The molecular weight excluding hydrogens is 387 g/mol. The number of ether oxygens (including phenoxy) is 1. The summed E-state index contributed by atoms with van der Waals surface area (Å²) in [6.07, 6.45) is -1.92. The predicted molar refractivity (Wildman–Crippen MR) is 85.7 cm³/mol. The van der Waals surface area contributed by atoms with Gasteiger partial charge in [0.05, 0.1) is 23.6 Å². The average Bonchev–Trinajstić information content (AvgIpc) is 2.64. The maximum atomic E-state index is 13.8. The van der Waals surface area contributed by atoms with E-state index in [1.54, 1.807) is 0 Å². The predicted octanol–water partition coefficient (Wildman–Crippen LogP) is 4.21. The lowest BCUT2D eigenvalue weighted by molar-refractivity contribution is -0.137. The van der Waals surface area contributed by atoms with E-state index in [2.05, 4.69) is 20.5 Å². The second kappa shape index (κ2) is 7.55. The zero-order valence-corrected chi connectivity index (χ0v) is 13.7. The summed E-state index contributed by atoms with van der Waals surface area (Å²) in [6.45, 7) is 0. The van der Waals surface area contributed by atoms with Crippen LogP contribution in [0.3, 0.4) is 0 Å². The van der Waals surface area contributed by atoms with Crippen molar-refractivity contribution in [3.8, 4) is 11.6 Å². The zero-order chi connectivity index (χ0) is 20.3. The summed E-state index contributed by atoms with van der Waals surface area (Å²) >= 11 is 0. The minimum atomic E-state index is -4.78. The summed E-state index contributed by atoms with van der Waals surface area (Å²) in [5.74, 6) is -4.13.